The number of hydrogen-bond acceptors (Lipinski definition) is 7. The summed E-state index contributed by atoms with van der Waals surface area (Å²) in [6, 6.07) is 10.8. The van der Waals surface area contributed by atoms with Crippen molar-refractivity contribution >= 4 is 27.4 Å². The molecule has 0 aliphatic heterocycles. The molecule has 0 fully saturated rings. The normalized spacial score (nSPS) is 13.1. The molecule has 0 saturated heterocycles. The number of thiophene rings is 1. The first-order chi connectivity index (χ1) is 13.4. The molecule has 29 heavy (non-hydrogen) atoms. The van der Waals surface area contributed by atoms with Gasteiger partial charge in [0.05, 0.1) is 12.1 Å². The highest BCUT2D eigenvalue weighted by Crippen LogP contribution is 2.29. The van der Waals surface area contributed by atoms with Crippen LogP contribution in [0.15, 0.2) is 34.9 Å². The van der Waals surface area contributed by atoms with Gasteiger partial charge in [-0.3, -0.25) is 0 Å². The number of nitrogens with two attached hydrogens (primary N) is 1. The molecule has 158 valence electrons. The van der Waals surface area contributed by atoms with Crippen LogP contribution in [-0.4, -0.2) is 27.4 Å². The summed E-state index contributed by atoms with van der Waals surface area (Å²) in [6.45, 7) is 6.37. The van der Waals surface area contributed by atoms with E-state index in [1.807, 2.05) is 13.8 Å². The van der Waals surface area contributed by atoms with Crippen LogP contribution in [0.2, 0.25) is 0 Å². The first-order valence-corrected chi connectivity index (χ1v) is 9.33. The van der Waals surface area contributed by atoms with Gasteiger partial charge in [0.25, 0.3) is 0 Å². The number of fused-ring (bicyclic) bond motifs is 1. The lowest BCUT2D eigenvalue weighted by atomic mass is 10.1. The van der Waals surface area contributed by atoms with Gasteiger partial charge in [0.1, 0.15) is 0 Å². The summed E-state index contributed by atoms with van der Waals surface area (Å²) in [5.74, 6) is -1.67. The van der Waals surface area contributed by atoms with E-state index in [-0.39, 0.29) is 6.04 Å². The number of carbonyl (C=O) groups is 1. The lowest BCUT2D eigenvalue weighted by molar-refractivity contribution is -0.192. The molecule has 1 atom stereocenters. The number of carboxylic acids is 1. The summed E-state index contributed by atoms with van der Waals surface area (Å²) in [7, 11) is 0. The average Bonchev–Trinajstić information content (AvgIpc) is 3.26. The van der Waals surface area contributed by atoms with Gasteiger partial charge < -0.3 is 20.7 Å². The predicted molar refractivity (Wildman–Crippen MR) is 102 cm³/mol. The fourth-order valence-corrected chi connectivity index (χ4v) is 3.24. The average molecular weight is 430 g/mol. The van der Waals surface area contributed by atoms with E-state index in [1.165, 1.54) is 15.0 Å². The Bertz CT molecular complexity index is 930. The molecule has 0 aliphatic rings. The highest BCUT2D eigenvalue weighted by atomic mass is 32.1. The molecule has 11 heteroatoms. The van der Waals surface area contributed by atoms with Crippen LogP contribution in [0.1, 0.15) is 43.4 Å². The van der Waals surface area contributed by atoms with Crippen molar-refractivity contribution in [3.63, 3.8) is 0 Å². The molecule has 0 bridgehead atoms. The summed E-state index contributed by atoms with van der Waals surface area (Å²) in [5, 5.41) is 15.7. The van der Waals surface area contributed by atoms with Crippen LogP contribution in [-0.2, 0) is 16.9 Å². The van der Waals surface area contributed by atoms with E-state index >= 15 is 0 Å². The van der Waals surface area contributed by atoms with E-state index in [9.17, 15) is 13.2 Å². The number of alkyl halides is 3. The standard InChI is InChI=1S/C16H20N4OS.C2HF3O2/c1-10(13-8-11-6-4-5-7-12(11)22-13)18-9-14-19-15(20-21-14)16(2,3)17;3-2(4,5)1(6)7/h4-8,10,18H,9,17H2,1-3H3;(H,6,7). The van der Waals surface area contributed by atoms with Crippen LogP contribution >= 0.6 is 11.3 Å². The van der Waals surface area contributed by atoms with Gasteiger partial charge in [-0.25, -0.2) is 4.79 Å². The molecule has 0 saturated carbocycles. The van der Waals surface area contributed by atoms with Gasteiger partial charge in [0, 0.05) is 15.6 Å². The lowest BCUT2D eigenvalue weighted by Crippen LogP contribution is -2.30. The highest BCUT2D eigenvalue weighted by Gasteiger charge is 2.38. The Morgan fingerprint density at radius 2 is 1.97 bits per heavy atom. The number of aromatic nitrogens is 2. The molecule has 0 amide bonds. The Kier molecular flexibility index (Phi) is 6.98. The number of rotatable bonds is 5. The summed E-state index contributed by atoms with van der Waals surface area (Å²) >= 11 is 1.80. The van der Waals surface area contributed by atoms with Gasteiger partial charge in [-0.1, -0.05) is 23.4 Å². The topological polar surface area (TPSA) is 114 Å². The highest BCUT2D eigenvalue weighted by molar-refractivity contribution is 7.19. The Labute approximate surface area is 168 Å². The molecule has 3 rings (SSSR count). The molecule has 4 N–H and O–H groups in total. The van der Waals surface area contributed by atoms with E-state index in [2.05, 4.69) is 52.7 Å². The number of benzene rings is 1. The fraction of sp³-hybridized carbons (Fsp3) is 0.389. The van der Waals surface area contributed by atoms with Crippen molar-refractivity contribution in [2.24, 2.45) is 5.73 Å². The summed E-state index contributed by atoms with van der Waals surface area (Å²) < 4.78 is 38.3. The second-order valence-electron chi connectivity index (χ2n) is 6.83. The number of carboxylic acid groups (broad SMARTS) is 1. The van der Waals surface area contributed by atoms with E-state index < -0.39 is 17.7 Å². The van der Waals surface area contributed by atoms with Crippen molar-refractivity contribution in [2.75, 3.05) is 0 Å². The maximum absolute atomic E-state index is 10.6. The van der Waals surface area contributed by atoms with Crippen molar-refractivity contribution in [3.8, 4) is 0 Å². The molecule has 2 aromatic heterocycles. The molecule has 1 aromatic carbocycles. The molecule has 7 nitrogen and oxygen atoms in total. The Morgan fingerprint density at radius 3 is 2.48 bits per heavy atom. The molecular formula is C18H21F3N4O3S. The first-order valence-electron chi connectivity index (χ1n) is 8.52. The number of halogens is 3. The van der Waals surface area contributed by atoms with Gasteiger partial charge in [0.2, 0.25) is 5.89 Å². The van der Waals surface area contributed by atoms with Crippen LogP contribution in [0, 0.1) is 0 Å². The van der Waals surface area contributed by atoms with Crippen molar-refractivity contribution in [1.82, 2.24) is 15.5 Å². The van der Waals surface area contributed by atoms with Crippen LogP contribution < -0.4 is 11.1 Å². The van der Waals surface area contributed by atoms with E-state index in [0.717, 1.165) is 0 Å². The minimum absolute atomic E-state index is 0.221. The number of nitrogens with one attached hydrogen (secondary N) is 1. The van der Waals surface area contributed by atoms with Gasteiger partial charge in [0.15, 0.2) is 5.82 Å². The van der Waals surface area contributed by atoms with Crippen molar-refractivity contribution < 1.29 is 27.6 Å². The van der Waals surface area contributed by atoms with Crippen LogP contribution in [0.25, 0.3) is 10.1 Å². The third kappa shape index (κ3) is 6.51. The molecule has 1 unspecified atom stereocenters. The lowest BCUT2D eigenvalue weighted by Gasteiger charge is -2.11. The molecule has 3 aromatic rings. The smallest absolute Gasteiger partial charge is 0.475 e. The number of hydrogen-bond donors (Lipinski definition) is 3. The maximum atomic E-state index is 10.6. The van der Waals surface area contributed by atoms with Crippen molar-refractivity contribution in [1.29, 1.82) is 0 Å². The summed E-state index contributed by atoms with van der Waals surface area (Å²) in [4.78, 5) is 14.5. The van der Waals surface area contributed by atoms with Gasteiger partial charge in [-0.15, -0.1) is 11.3 Å². The van der Waals surface area contributed by atoms with Crippen LogP contribution in [0.5, 0.6) is 0 Å². The second-order valence-corrected chi connectivity index (χ2v) is 7.94. The predicted octanol–water partition coefficient (Wildman–Crippen LogP) is 3.96. The molecule has 0 spiro atoms. The minimum atomic E-state index is -5.08. The van der Waals surface area contributed by atoms with E-state index in [4.69, 9.17) is 20.2 Å². The fourth-order valence-electron chi connectivity index (χ4n) is 2.15. The Morgan fingerprint density at radius 1 is 1.34 bits per heavy atom. The second kappa shape index (κ2) is 8.89. The van der Waals surface area contributed by atoms with Crippen molar-refractivity contribution in [2.45, 2.75) is 45.1 Å². The summed E-state index contributed by atoms with van der Waals surface area (Å²) in [6.07, 6.45) is -5.08. The first kappa shape index (κ1) is 22.8. The maximum Gasteiger partial charge on any atom is 0.490 e. The van der Waals surface area contributed by atoms with E-state index in [0.29, 0.717) is 18.3 Å². The quantitative estimate of drug-likeness (QED) is 0.561. The van der Waals surface area contributed by atoms with Crippen LogP contribution in [0.3, 0.4) is 0 Å². The van der Waals surface area contributed by atoms with Crippen LogP contribution in [0.4, 0.5) is 13.2 Å². The number of nitrogens with zero attached hydrogens (tertiary/aromatic N) is 2. The SMILES string of the molecule is CC(NCc1nc(C(C)(C)N)no1)c1cc2ccccc2s1.O=C(O)C(F)(F)F. The zero-order valence-electron chi connectivity index (χ0n) is 15.9. The zero-order chi connectivity index (χ0) is 21.8. The summed E-state index contributed by atoms with van der Waals surface area (Å²) in [5.41, 5.74) is 5.37. The third-order valence-corrected chi connectivity index (χ3v) is 5.02. The molecule has 2 heterocycles. The molecular weight excluding hydrogens is 409 g/mol. The van der Waals surface area contributed by atoms with Gasteiger partial charge in [-0.05, 0) is 38.3 Å². The monoisotopic (exact) mass is 430 g/mol. The molecule has 0 radical (unpaired) electrons. The van der Waals surface area contributed by atoms with E-state index in [1.54, 1.807) is 11.3 Å². The Hall–Kier alpha value is -2.50. The van der Waals surface area contributed by atoms with Gasteiger partial charge >= 0.3 is 12.1 Å². The largest absolute Gasteiger partial charge is 0.490 e. The number of aliphatic carboxylic acids is 1. The van der Waals surface area contributed by atoms with Crippen molar-refractivity contribution in [3.05, 3.63) is 46.9 Å². The minimum Gasteiger partial charge on any atom is -0.475 e. The zero-order valence-corrected chi connectivity index (χ0v) is 16.8. The van der Waals surface area contributed by atoms with Gasteiger partial charge in [-0.2, -0.15) is 18.2 Å². The third-order valence-electron chi connectivity index (χ3n) is 3.72. The Balaban J connectivity index is 0.000000370. The molecule has 0 aliphatic carbocycles.